The van der Waals surface area contributed by atoms with E-state index in [2.05, 4.69) is 41.0 Å². The van der Waals surface area contributed by atoms with Crippen molar-refractivity contribution in [2.75, 3.05) is 12.4 Å². The topological polar surface area (TPSA) is 129 Å². The van der Waals surface area contributed by atoms with E-state index in [1.807, 2.05) is 30.3 Å². The molecular formula is C19H20N8O3. The van der Waals surface area contributed by atoms with E-state index in [0.29, 0.717) is 23.0 Å². The van der Waals surface area contributed by atoms with Gasteiger partial charge >= 0.3 is 0 Å². The molecule has 0 aliphatic carbocycles. The maximum atomic E-state index is 12.0. The lowest BCUT2D eigenvalue weighted by Gasteiger charge is -2.07. The summed E-state index contributed by atoms with van der Waals surface area (Å²) in [6.07, 6.45) is 0. The van der Waals surface area contributed by atoms with Gasteiger partial charge in [-0.05, 0) is 29.5 Å². The van der Waals surface area contributed by atoms with Gasteiger partial charge in [0.05, 0.1) is 5.69 Å². The third-order valence-corrected chi connectivity index (χ3v) is 3.85. The zero-order valence-corrected chi connectivity index (χ0v) is 16.7. The highest BCUT2D eigenvalue weighted by atomic mass is 16.6. The minimum atomic E-state index is -0.415. The van der Waals surface area contributed by atoms with Crippen molar-refractivity contribution in [3.63, 3.8) is 0 Å². The molecule has 1 N–H and O–H groups in total. The lowest BCUT2D eigenvalue weighted by Crippen LogP contribution is -2.21. The molecule has 0 atom stereocenters. The number of nitrogens with one attached hydrogen (secondary N) is 1. The Morgan fingerprint density at radius 3 is 2.63 bits per heavy atom. The van der Waals surface area contributed by atoms with Crippen molar-refractivity contribution in [3.05, 3.63) is 65.6 Å². The molecule has 1 aromatic carbocycles. The summed E-state index contributed by atoms with van der Waals surface area (Å²) >= 11 is 0. The second-order valence-corrected chi connectivity index (χ2v) is 6.03. The molecule has 11 heteroatoms. The Bertz CT molecular complexity index is 1060. The monoisotopic (exact) mass is 408 g/mol. The van der Waals surface area contributed by atoms with E-state index in [0.717, 1.165) is 5.56 Å². The highest BCUT2D eigenvalue weighted by molar-refractivity contribution is 6.41. The number of carbonyl (C=O) groups excluding carboxylic acids is 1. The van der Waals surface area contributed by atoms with Gasteiger partial charge in [0.2, 0.25) is 5.82 Å². The Morgan fingerprint density at radius 1 is 1.13 bits per heavy atom. The van der Waals surface area contributed by atoms with Crippen LogP contribution in [0.25, 0.3) is 0 Å². The summed E-state index contributed by atoms with van der Waals surface area (Å²) in [6, 6.07) is 14.6. The predicted octanol–water partition coefficient (Wildman–Crippen LogP) is 1.54. The van der Waals surface area contributed by atoms with Crippen LogP contribution < -0.4 is 5.32 Å². The first-order valence-corrected chi connectivity index (χ1v) is 8.91. The predicted molar refractivity (Wildman–Crippen MR) is 109 cm³/mol. The fourth-order valence-electron chi connectivity index (χ4n) is 2.43. The van der Waals surface area contributed by atoms with Crippen LogP contribution in [-0.2, 0) is 28.1 Å². The highest BCUT2D eigenvalue weighted by Crippen LogP contribution is 2.10. The van der Waals surface area contributed by atoms with Crippen molar-refractivity contribution < 1.29 is 14.5 Å². The molecule has 0 aliphatic rings. The van der Waals surface area contributed by atoms with Gasteiger partial charge in [0.15, 0.2) is 12.3 Å². The average Bonchev–Trinajstić information content (AvgIpc) is 3.18. The van der Waals surface area contributed by atoms with Gasteiger partial charge in [0, 0.05) is 12.6 Å². The van der Waals surface area contributed by atoms with E-state index >= 15 is 0 Å². The lowest BCUT2D eigenvalue weighted by atomic mass is 10.1. The molecule has 3 rings (SSSR count). The first-order chi connectivity index (χ1) is 14.6. The fraction of sp³-hybridized carbons (Fsp3) is 0.211. The molecule has 0 saturated heterocycles. The van der Waals surface area contributed by atoms with Crippen LogP contribution in [0.2, 0.25) is 0 Å². The molecule has 11 nitrogen and oxygen atoms in total. The van der Waals surface area contributed by atoms with Crippen molar-refractivity contribution >= 4 is 23.1 Å². The Hall–Kier alpha value is -4.15. The Kier molecular flexibility index (Phi) is 6.77. The van der Waals surface area contributed by atoms with Gasteiger partial charge in [-0.25, -0.2) is 9.67 Å². The number of oxime groups is 2. The number of hydrogen-bond acceptors (Lipinski definition) is 9. The normalized spacial score (nSPS) is 11.8. The molecular weight excluding hydrogens is 388 g/mol. The number of nitrogens with zero attached hydrogens (tertiary/aromatic N) is 7. The van der Waals surface area contributed by atoms with Crippen LogP contribution in [0.5, 0.6) is 0 Å². The molecule has 154 valence electrons. The molecule has 0 fully saturated rings. The number of aryl methyl sites for hydroxylation is 1. The molecule has 0 spiro atoms. The van der Waals surface area contributed by atoms with Crippen LogP contribution in [0.4, 0.5) is 5.82 Å². The van der Waals surface area contributed by atoms with E-state index < -0.39 is 5.91 Å². The molecule has 0 aliphatic heterocycles. The maximum Gasteiger partial charge on any atom is 0.274 e. The van der Waals surface area contributed by atoms with Crippen LogP contribution in [0.1, 0.15) is 24.0 Å². The summed E-state index contributed by atoms with van der Waals surface area (Å²) < 4.78 is 1.51. The molecule has 0 saturated carbocycles. The number of tetrazole rings is 1. The number of anilines is 1. The van der Waals surface area contributed by atoms with Crippen molar-refractivity contribution in [2.24, 2.45) is 17.4 Å². The first-order valence-electron chi connectivity index (χ1n) is 8.91. The molecule has 2 heterocycles. The zero-order valence-electron chi connectivity index (χ0n) is 16.7. The number of amides is 1. The third-order valence-electron chi connectivity index (χ3n) is 3.85. The third kappa shape index (κ3) is 5.22. The lowest BCUT2D eigenvalue weighted by molar-refractivity contribution is -0.110. The summed E-state index contributed by atoms with van der Waals surface area (Å²) in [5.41, 5.74) is 2.04. The van der Waals surface area contributed by atoms with Crippen LogP contribution in [-0.4, -0.2) is 49.6 Å². The number of rotatable bonds is 8. The second kappa shape index (κ2) is 9.87. The van der Waals surface area contributed by atoms with Gasteiger partial charge in [0.1, 0.15) is 18.6 Å². The van der Waals surface area contributed by atoms with E-state index in [-0.39, 0.29) is 12.3 Å². The van der Waals surface area contributed by atoms with Crippen molar-refractivity contribution in [2.45, 2.75) is 13.5 Å². The number of benzene rings is 1. The maximum absolute atomic E-state index is 12.0. The van der Waals surface area contributed by atoms with Gasteiger partial charge in [-0.1, -0.05) is 46.7 Å². The van der Waals surface area contributed by atoms with Gasteiger partial charge in [0.25, 0.3) is 5.91 Å². The zero-order chi connectivity index (χ0) is 21.3. The number of pyridine rings is 1. The van der Waals surface area contributed by atoms with E-state index in [9.17, 15) is 4.79 Å². The summed E-state index contributed by atoms with van der Waals surface area (Å²) in [6.45, 7) is 1.61. The van der Waals surface area contributed by atoms with Gasteiger partial charge < -0.3 is 15.0 Å². The second-order valence-electron chi connectivity index (χ2n) is 6.03. The molecule has 30 heavy (non-hydrogen) atoms. The molecule has 2 aromatic heterocycles. The summed E-state index contributed by atoms with van der Waals surface area (Å²) in [5.74, 6) is 0.404. The van der Waals surface area contributed by atoms with Crippen molar-refractivity contribution in [1.82, 2.24) is 25.2 Å². The number of hydrogen-bond donors (Lipinski definition) is 1. The minimum Gasteiger partial charge on any atom is -0.399 e. The van der Waals surface area contributed by atoms with Crippen LogP contribution >= 0.6 is 0 Å². The fourth-order valence-corrected chi connectivity index (χ4v) is 2.43. The van der Waals surface area contributed by atoms with Crippen LogP contribution in [0.15, 0.2) is 58.8 Å². The highest BCUT2D eigenvalue weighted by Gasteiger charge is 2.15. The Labute approximate surface area is 172 Å². The molecule has 0 bridgehead atoms. The van der Waals surface area contributed by atoms with Gasteiger partial charge in [-0.15, -0.1) is 5.10 Å². The van der Waals surface area contributed by atoms with Crippen molar-refractivity contribution in [3.8, 4) is 0 Å². The van der Waals surface area contributed by atoms with Gasteiger partial charge in [-0.3, -0.25) is 4.79 Å². The minimum absolute atomic E-state index is 0.0798. The Balaban J connectivity index is 1.74. The Morgan fingerprint density at radius 2 is 1.93 bits per heavy atom. The summed E-state index contributed by atoms with van der Waals surface area (Å²) in [7, 11) is 3.09. The standard InChI is InChI=1S/C19H20N8O3/c1-13(23-29-3)19(28)21-16-11-7-10-15(20-16)12-30-24-17(14-8-5-4-6-9-14)18-22-25-26-27(18)2/h4-11H,12H2,1-3H3,(H,20,21,28)/b23-13?,24-17-. The summed E-state index contributed by atoms with van der Waals surface area (Å²) in [5, 5.41) is 22.0. The number of aromatic nitrogens is 5. The molecule has 1 amide bonds. The van der Waals surface area contributed by atoms with E-state index in [1.54, 1.807) is 25.2 Å². The average molecular weight is 408 g/mol. The molecule has 3 aromatic rings. The number of carbonyl (C=O) groups is 1. The van der Waals surface area contributed by atoms with E-state index in [4.69, 9.17) is 4.84 Å². The summed E-state index contributed by atoms with van der Waals surface area (Å²) in [4.78, 5) is 26.5. The quantitative estimate of drug-likeness (QED) is 0.442. The molecule has 0 radical (unpaired) electrons. The van der Waals surface area contributed by atoms with Crippen molar-refractivity contribution in [1.29, 1.82) is 0 Å². The first kappa shape index (κ1) is 20.6. The smallest absolute Gasteiger partial charge is 0.274 e. The van der Waals surface area contributed by atoms with Gasteiger partial charge in [-0.2, -0.15) is 0 Å². The van der Waals surface area contributed by atoms with Crippen LogP contribution in [0, 0.1) is 0 Å². The van der Waals surface area contributed by atoms with Crippen LogP contribution in [0.3, 0.4) is 0 Å². The SMILES string of the molecule is CON=C(C)C(=O)Nc1cccc(CO/N=C(/c2ccccc2)c2nnnn2C)n1. The molecule has 0 unspecified atom stereocenters. The van der Waals surface area contributed by atoms with E-state index in [1.165, 1.54) is 18.7 Å². The largest absolute Gasteiger partial charge is 0.399 e.